The van der Waals surface area contributed by atoms with Gasteiger partial charge in [-0.05, 0) is 38.5 Å². The maximum Gasteiger partial charge on any atom is 0.339 e. The molecule has 0 unspecified atom stereocenters. The number of aromatic nitrogens is 1. The first kappa shape index (κ1) is 19.4. The third-order valence-electron chi connectivity index (χ3n) is 4.21. The Morgan fingerprint density at radius 2 is 1.62 bits per heavy atom. The van der Waals surface area contributed by atoms with Gasteiger partial charge in [-0.3, -0.25) is 4.79 Å². The second kappa shape index (κ2) is 8.47. The molecule has 26 heavy (non-hydrogen) atoms. The van der Waals surface area contributed by atoms with Gasteiger partial charge in [-0.2, -0.15) is 0 Å². The third kappa shape index (κ3) is 4.02. The predicted octanol–water partition coefficient (Wildman–Crippen LogP) is 3.34. The average molecular weight is 357 g/mol. The monoisotopic (exact) mass is 357 g/mol. The van der Waals surface area contributed by atoms with Crippen LogP contribution in [-0.2, 0) is 16.0 Å². The van der Waals surface area contributed by atoms with E-state index in [9.17, 15) is 14.4 Å². The first-order chi connectivity index (χ1) is 12.4. The van der Waals surface area contributed by atoms with Gasteiger partial charge in [0.25, 0.3) is 0 Å². The van der Waals surface area contributed by atoms with Crippen LogP contribution in [0.5, 0.6) is 0 Å². The maximum atomic E-state index is 12.5. The van der Waals surface area contributed by atoms with Crippen molar-refractivity contribution >= 4 is 17.7 Å². The molecule has 0 aliphatic carbocycles. The zero-order chi connectivity index (χ0) is 19.3. The molecule has 0 aliphatic rings. The van der Waals surface area contributed by atoms with Crippen molar-refractivity contribution in [3.8, 4) is 0 Å². The molecule has 0 spiro atoms. The lowest BCUT2D eigenvalue weighted by Gasteiger charge is -2.09. The van der Waals surface area contributed by atoms with Crippen LogP contribution in [0.3, 0.4) is 0 Å². The Bertz CT molecular complexity index is 835. The van der Waals surface area contributed by atoms with E-state index in [0.717, 1.165) is 24.4 Å². The number of esters is 2. The second-order valence-electron chi connectivity index (χ2n) is 5.97. The Morgan fingerprint density at radius 1 is 1.00 bits per heavy atom. The predicted molar refractivity (Wildman–Crippen MR) is 96.6 cm³/mol. The number of benzene rings is 1. The number of hydrogen-bond acceptors (Lipinski definition) is 5. The van der Waals surface area contributed by atoms with Crippen molar-refractivity contribution in [1.82, 2.24) is 4.57 Å². The minimum atomic E-state index is -0.735. The molecule has 1 aromatic carbocycles. The van der Waals surface area contributed by atoms with Gasteiger partial charge >= 0.3 is 11.9 Å². The zero-order valence-corrected chi connectivity index (χ0v) is 15.5. The lowest BCUT2D eigenvalue weighted by Crippen LogP contribution is -2.17. The molecule has 6 heteroatoms. The van der Waals surface area contributed by atoms with Gasteiger partial charge in [0.1, 0.15) is 0 Å². The molecule has 0 fully saturated rings. The molecule has 0 N–H and O–H groups in total. The Balaban J connectivity index is 2.12. The first-order valence-corrected chi connectivity index (χ1v) is 8.45. The molecule has 0 saturated heterocycles. The number of carbonyl (C=O) groups excluding carboxylic acids is 3. The van der Waals surface area contributed by atoms with Crippen molar-refractivity contribution in [2.24, 2.45) is 0 Å². The average Bonchev–Trinajstić information content (AvgIpc) is 2.93. The summed E-state index contributed by atoms with van der Waals surface area (Å²) >= 11 is 0. The molecule has 0 bridgehead atoms. The molecule has 0 radical (unpaired) electrons. The fraction of sp³-hybridized carbons (Fsp3) is 0.350. The number of hydrogen-bond donors (Lipinski definition) is 0. The molecular weight excluding hydrogens is 334 g/mol. The smallest absolute Gasteiger partial charge is 0.339 e. The third-order valence-corrected chi connectivity index (χ3v) is 4.21. The molecule has 0 saturated carbocycles. The molecule has 2 rings (SSSR count). The van der Waals surface area contributed by atoms with E-state index in [1.54, 1.807) is 12.1 Å². The van der Waals surface area contributed by atoms with Crippen molar-refractivity contribution in [2.75, 3.05) is 13.7 Å². The van der Waals surface area contributed by atoms with Gasteiger partial charge in [0.2, 0.25) is 5.78 Å². The lowest BCUT2D eigenvalue weighted by molar-refractivity contribution is 0.0463. The second-order valence-corrected chi connectivity index (χ2v) is 5.97. The summed E-state index contributed by atoms with van der Waals surface area (Å²) in [5.74, 6) is -1.64. The Morgan fingerprint density at radius 3 is 2.19 bits per heavy atom. The summed E-state index contributed by atoms with van der Waals surface area (Å²) in [6.07, 6.45) is 0.962. The van der Waals surface area contributed by atoms with Crippen LogP contribution in [0.2, 0.25) is 0 Å². The van der Waals surface area contributed by atoms with Crippen molar-refractivity contribution in [2.45, 2.75) is 33.7 Å². The summed E-state index contributed by atoms with van der Waals surface area (Å²) in [6, 6.07) is 7.98. The highest BCUT2D eigenvalue weighted by Crippen LogP contribution is 2.17. The summed E-state index contributed by atoms with van der Waals surface area (Å²) in [6.45, 7) is 6.34. The van der Waals surface area contributed by atoms with Gasteiger partial charge < -0.3 is 14.0 Å². The molecule has 6 nitrogen and oxygen atoms in total. The van der Waals surface area contributed by atoms with Crippen molar-refractivity contribution in [1.29, 1.82) is 0 Å². The fourth-order valence-electron chi connectivity index (χ4n) is 2.89. The number of aryl methyl sites for hydroxylation is 1. The van der Waals surface area contributed by atoms with Gasteiger partial charge in [0.05, 0.1) is 18.2 Å². The number of carbonyl (C=O) groups is 3. The summed E-state index contributed by atoms with van der Waals surface area (Å²) in [5, 5.41) is 0. The van der Waals surface area contributed by atoms with Crippen LogP contribution in [0.25, 0.3) is 0 Å². The van der Waals surface area contributed by atoms with Crippen LogP contribution < -0.4 is 0 Å². The lowest BCUT2D eigenvalue weighted by atomic mass is 10.1. The highest BCUT2D eigenvalue weighted by molar-refractivity contribution is 6.04. The highest BCUT2D eigenvalue weighted by Gasteiger charge is 2.21. The number of ether oxygens (including phenoxy) is 2. The molecule has 0 aliphatic heterocycles. The van der Waals surface area contributed by atoms with Crippen LogP contribution >= 0.6 is 0 Å². The Kier molecular flexibility index (Phi) is 6.33. The molecule has 138 valence electrons. The number of Topliss-reactive ketones (excluding diaryl/α,β-unsaturated/α-hetero) is 1. The number of rotatable bonds is 7. The molecule has 0 atom stereocenters. The molecule has 1 aromatic heterocycles. The van der Waals surface area contributed by atoms with Gasteiger partial charge in [-0.1, -0.05) is 19.1 Å². The summed E-state index contributed by atoms with van der Waals surface area (Å²) in [7, 11) is 1.24. The van der Waals surface area contributed by atoms with Crippen molar-refractivity contribution in [3.05, 3.63) is 58.4 Å². The Labute approximate surface area is 152 Å². The molecular formula is C20H23NO5. The minimum absolute atomic E-state index is 0.0728. The van der Waals surface area contributed by atoms with E-state index in [0.29, 0.717) is 5.56 Å². The van der Waals surface area contributed by atoms with Crippen LogP contribution in [0.4, 0.5) is 0 Å². The Hall–Kier alpha value is -2.89. The van der Waals surface area contributed by atoms with Gasteiger partial charge in [0.15, 0.2) is 6.61 Å². The topological polar surface area (TPSA) is 74.6 Å². The normalized spacial score (nSPS) is 10.5. The summed E-state index contributed by atoms with van der Waals surface area (Å²) in [5.41, 5.74) is 2.58. The van der Waals surface area contributed by atoms with Gasteiger partial charge in [-0.25, -0.2) is 9.59 Å². The van der Waals surface area contributed by atoms with E-state index in [-0.39, 0.29) is 23.5 Å². The largest absolute Gasteiger partial charge is 0.465 e. The quantitative estimate of drug-likeness (QED) is 0.561. The fourth-order valence-corrected chi connectivity index (χ4v) is 2.89. The van der Waals surface area contributed by atoms with Crippen molar-refractivity contribution in [3.63, 3.8) is 0 Å². The maximum absolute atomic E-state index is 12.5. The van der Waals surface area contributed by atoms with E-state index in [4.69, 9.17) is 4.74 Å². The summed E-state index contributed by atoms with van der Waals surface area (Å²) in [4.78, 5) is 36.5. The van der Waals surface area contributed by atoms with Crippen LogP contribution in [0.1, 0.15) is 55.8 Å². The number of nitrogens with zero attached hydrogens (tertiary/aromatic N) is 1. The molecule has 1 heterocycles. The minimum Gasteiger partial charge on any atom is -0.465 e. The van der Waals surface area contributed by atoms with Gasteiger partial charge in [-0.15, -0.1) is 0 Å². The van der Waals surface area contributed by atoms with E-state index in [1.807, 2.05) is 19.9 Å². The molecule has 0 amide bonds. The zero-order valence-electron chi connectivity index (χ0n) is 15.5. The summed E-state index contributed by atoms with van der Waals surface area (Å²) < 4.78 is 11.9. The van der Waals surface area contributed by atoms with Crippen LogP contribution in [0.15, 0.2) is 30.3 Å². The van der Waals surface area contributed by atoms with Crippen LogP contribution in [-0.4, -0.2) is 36.0 Å². The van der Waals surface area contributed by atoms with Crippen LogP contribution in [0, 0.1) is 13.8 Å². The highest BCUT2D eigenvalue weighted by atomic mass is 16.5. The van der Waals surface area contributed by atoms with E-state index < -0.39 is 11.9 Å². The SMILES string of the molecule is CCCn1c(C)cc(C(=O)COC(=O)c2ccccc2C(=O)OC)c1C. The van der Waals surface area contributed by atoms with E-state index in [1.165, 1.54) is 19.2 Å². The van der Waals surface area contributed by atoms with E-state index in [2.05, 4.69) is 16.2 Å². The standard InChI is InChI=1S/C20H23NO5/c1-5-10-21-13(2)11-17(14(21)3)18(22)12-26-20(24)16-9-7-6-8-15(16)19(23)25-4/h6-9,11H,5,10,12H2,1-4H3. The van der Waals surface area contributed by atoms with Crippen molar-refractivity contribution < 1.29 is 23.9 Å². The molecule has 2 aromatic rings. The first-order valence-electron chi connectivity index (χ1n) is 8.45. The van der Waals surface area contributed by atoms with E-state index >= 15 is 0 Å². The van der Waals surface area contributed by atoms with Gasteiger partial charge in [0, 0.05) is 23.5 Å². The number of ketones is 1. The number of methoxy groups -OCH3 is 1.